The van der Waals surface area contributed by atoms with Crippen LogP contribution in [0, 0.1) is 5.92 Å². The van der Waals surface area contributed by atoms with Gasteiger partial charge in [0.1, 0.15) is 0 Å². The smallest absolute Gasteiger partial charge is 0.0594 e. The minimum Gasteiger partial charge on any atom is -0.379 e. The average Bonchev–Trinajstić information content (AvgIpc) is 2.25. The van der Waals surface area contributed by atoms with Crippen molar-refractivity contribution in [1.82, 2.24) is 4.90 Å². The van der Waals surface area contributed by atoms with E-state index in [1.807, 2.05) is 0 Å². The fraction of sp³-hybridized carbons (Fsp3) is 0.818. The van der Waals surface area contributed by atoms with Crippen molar-refractivity contribution < 1.29 is 10.2 Å². The van der Waals surface area contributed by atoms with Crippen LogP contribution in [0.4, 0.5) is 0 Å². The van der Waals surface area contributed by atoms with Crippen LogP contribution in [0.1, 0.15) is 24.6 Å². The molecule has 1 heterocycles. The van der Waals surface area contributed by atoms with E-state index in [-0.39, 0.29) is 0 Å². The predicted molar refractivity (Wildman–Crippen MR) is 53.7 cm³/mol. The van der Waals surface area contributed by atoms with Crippen molar-refractivity contribution in [3.05, 3.63) is 12.2 Å². The fourth-order valence-electron chi connectivity index (χ4n) is 1.67. The third-order valence-electron chi connectivity index (χ3n) is 2.44. The van der Waals surface area contributed by atoms with Gasteiger partial charge in [-0.2, -0.15) is 0 Å². The van der Waals surface area contributed by atoms with Crippen molar-refractivity contribution in [3.8, 4) is 0 Å². The Morgan fingerprint density at radius 3 is 3.00 bits per heavy atom. The quantitative estimate of drug-likeness (QED) is 0.607. The van der Waals surface area contributed by atoms with Crippen molar-refractivity contribution in [3.63, 3.8) is 0 Å². The molecule has 0 aromatic heterocycles. The first-order valence-corrected chi connectivity index (χ1v) is 4.90. The summed E-state index contributed by atoms with van der Waals surface area (Å²) in [4.78, 5) is 2.10. The number of rotatable bonds is 2. The number of hydrogen-bond acceptors (Lipinski definition) is 2. The zero-order valence-corrected chi connectivity index (χ0v) is 7.83. The minimum absolute atomic E-state index is 0.307. The van der Waals surface area contributed by atoms with Crippen LogP contribution in [0.15, 0.2) is 12.2 Å². The molecule has 1 atom stereocenters. The van der Waals surface area contributed by atoms with E-state index in [1.165, 1.54) is 6.08 Å². The molecule has 1 fully saturated rings. The Kier molecular flexibility index (Phi) is 2.03. The van der Waals surface area contributed by atoms with Gasteiger partial charge in [-0.05, 0) is 25.1 Å². The van der Waals surface area contributed by atoms with Crippen molar-refractivity contribution in [2.45, 2.75) is 19.2 Å². The maximum Gasteiger partial charge on any atom is 0.0594 e. The van der Waals surface area contributed by atoms with Crippen LogP contribution < -0.4 is 0 Å². The average molecular weight is 185 g/mol. The molecule has 2 heteroatoms. The topological polar surface area (TPSA) is 12.5 Å². The van der Waals surface area contributed by atoms with E-state index in [0.717, 1.165) is 13.1 Å². The molecule has 13 heavy (non-hydrogen) atoms. The standard InChI is InChI=1S/C11H19NO/c1-2-4-11(5-3-1)10-12-6-8-13-9-7-12/h1-2,11H,3-10H2/i4D2,5D2. The molecule has 2 rings (SSSR count). The molecule has 0 aromatic carbocycles. The Labute approximate surface area is 86.2 Å². The zero-order chi connectivity index (χ0) is 12.5. The van der Waals surface area contributed by atoms with Gasteiger partial charge in [-0.25, -0.2) is 0 Å². The highest BCUT2D eigenvalue weighted by molar-refractivity contribution is 4.90. The van der Waals surface area contributed by atoms with Crippen LogP contribution in [0.2, 0.25) is 0 Å². The summed E-state index contributed by atoms with van der Waals surface area (Å²) >= 11 is 0. The van der Waals surface area contributed by atoms with Gasteiger partial charge in [0.05, 0.1) is 13.2 Å². The largest absolute Gasteiger partial charge is 0.379 e. The SMILES string of the molecule is [2H]C1([2H])C=CCC([2H])([2H])C1CN1CCOCC1. The van der Waals surface area contributed by atoms with Gasteiger partial charge in [0.15, 0.2) is 0 Å². The Morgan fingerprint density at radius 1 is 1.38 bits per heavy atom. The van der Waals surface area contributed by atoms with Crippen molar-refractivity contribution >= 4 is 0 Å². The molecule has 74 valence electrons. The zero-order valence-electron chi connectivity index (χ0n) is 11.8. The summed E-state index contributed by atoms with van der Waals surface area (Å²) in [5.74, 6) is -0.599. The van der Waals surface area contributed by atoms with Crippen LogP contribution in [-0.2, 0) is 4.74 Å². The summed E-state index contributed by atoms with van der Waals surface area (Å²) in [6.45, 7) is 3.33. The summed E-state index contributed by atoms with van der Waals surface area (Å²) in [7, 11) is 0. The maximum absolute atomic E-state index is 7.98. The number of hydrogen-bond donors (Lipinski definition) is 0. The molecule has 2 aliphatic rings. The highest BCUT2D eigenvalue weighted by Gasteiger charge is 2.16. The third-order valence-corrected chi connectivity index (χ3v) is 2.44. The molecule has 1 aliphatic heterocycles. The lowest BCUT2D eigenvalue weighted by atomic mass is 9.94. The minimum atomic E-state index is -1.56. The van der Waals surface area contributed by atoms with Gasteiger partial charge < -0.3 is 4.74 Å². The van der Waals surface area contributed by atoms with Crippen molar-refractivity contribution in [2.24, 2.45) is 5.92 Å². The molecular weight excluding hydrogens is 162 g/mol. The van der Waals surface area contributed by atoms with Crippen molar-refractivity contribution in [2.75, 3.05) is 32.8 Å². The second-order valence-electron chi connectivity index (χ2n) is 3.44. The first kappa shape index (κ1) is 5.52. The molecule has 0 saturated carbocycles. The second-order valence-corrected chi connectivity index (χ2v) is 3.44. The first-order valence-electron chi connectivity index (χ1n) is 6.90. The monoisotopic (exact) mass is 185 g/mol. The lowest BCUT2D eigenvalue weighted by Gasteiger charge is -2.30. The summed E-state index contributed by atoms with van der Waals surface area (Å²) in [5.41, 5.74) is 0. The molecule has 2 nitrogen and oxygen atoms in total. The van der Waals surface area contributed by atoms with Gasteiger partial charge in [0, 0.05) is 25.1 Å². The lowest BCUT2D eigenvalue weighted by Crippen LogP contribution is -2.39. The highest BCUT2D eigenvalue weighted by atomic mass is 16.5. The number of morpholine rings is 1. The molecule has 0 spiro atoms. The third kappa shape index (κ3) is 2.82. The molecule has 0 aromatic rings. The van der Waals surface area contributed by atoms with E-state index in [0.29, 0.717) is 26.2 Å². The molecule has 0 N–H and O–H groups in total. The highest BCUT2D eigenvalue weighted by Crippen LogP contribution is 2.19. The number of ether oxygens (including phenoxy) is 1. The van der Waals surface area contributed by atoms with Gasteiger partial charge in [-0.3, -0.25) is 4.90 Å². The molecule has 0 amide bonds. The lowest BCUT2D eigenvalue weighted by molar-refractivity contribution is 0.0300. The molecular formula is C11H19NO. The van der Waals surface area contributed by atoms with Gasteiger partial charge in [-0.1, -0.05) is 12.2 Å². The van der Waals surface area contributed by atoms with Gasteiger partial charge in [-0.15, -0.1) is 0 Å². The van der Waals surface area contributed by atoms with Crippen LogP contribution in [-0.4, -0.2) is 37.7 Å². The van der Waals surface area contributed by atoms with Gasteiger partial charge in [0.25, 0.3) is 0 Å². The predicted octanol–water partition coefficient (Wildman–Crippen LogP) is 1.67. The Hall–Kier alpha value is -0.340. The van der Waals surface area contributed by atoms with Crippen LogP contribution >= 0.6 is 0 Å². The van der Waals surface area contributed by atoms with Crippen LogP contribution in [0.3, 0.4) is 0 Å². The fourth-order valence-corrected chi connectivity index (χ4v) is 1.67. The number of allylic oxidation sites excluding steroid dienone is 2. The summed E-state index contributed by atoms with van der Waals surface area (Å²) in [6.07, 6.45) is 0.424. The Balaban J connectivity index is 2.07. The molecule has 0 radical (unpaired) electrons. The molecule has 1 aliphatic carbocycles. The van der Waals surface area contributed by atoms with Crippen molar-refractivity contribution in [1.29, 1.82) is 0 Å². The summed E-state index contributed by atoms with van der Waals surface area (Å²) < 4.78 is 37.1. The van der Waals surface area contributed by atoms with Crippen LogP contribution in [0.5, 0.6) is 0 Å². The summed E-state index contributed by atoms with van der Waals surface area (Å²) in [5, 5.41) is 0. The van der Waals surface area contributed by atoms with E-state index in [4.69, 9.17) is 10.2 Å². The Morgan fingerprint density at radius 2 is 2.23 bits per heavy atom. The number of nitrogens with zero attached hydrogens (tertiary/aromatic N) is 1. The molecule has 1 unspecified atom stereocenters. The van der Waals surface area contributed by atoms with E-state index >= 15 is 0 Å². The maximum atomic E-state index is 7.98. The summed E-state index contributed by atoms with van der Waals surface area (Å²) in [6, 6.07) is 0. The van der Waals surface area contributed by atoms with E-state index in [9.17, 15) is 0 Å². The van der Waals surface area contributed by atoms with Crippen LogP contribution in [0.25, 0.3) is 0 Å². The molecule has 1 saturated heterocycles. The van der Waals surface area contributed by atoms with E-state index in [1.54, 1.807) is 6.08 Å². The second kappa shape index (κ2) is 4.77. The van der Waals surface area contributed by atoms with E-state index < -0.39 is 18.7 Å². The molecule has 0 bridgehead atoms. The van der Waals surface area contributed by atoms with Gasteiger partial charge >= 0.3 is 0 Å². The first-order chi connectivity index (χ1) is 7.92. The Bertz CT molecular complexity index is 300. The van der Waals surface area contributed by atoms with Gasteiger partial charge in [0.2, 0.25) is 0 Å². The van der Waals surface area contributed by atoms with E-state index in [2.05, 4.69) is 4.90 Å². The normalized spacial score (nSPS) is 42.9.